The summed E-state index contributed by atoms with van der Waals surface area (Å²) in [4.78, 5) is 0. The topological polar surface area (TPSA) is 47.9 Å². The van der Waals surface area contributed by atoms with Crippen molar-refractivity contribution < 1.29 is 19.3 Å². The number of benzene rings is 1. The van der Waals surface area contributed by atoms with E-state index in [2.05, 4.69) is 0 Å². The van der Waals surface area contributed by atoms with Crippen LogP contribution in [0.25, 0.3) is 0 Å². The second-order valence-corrected chi connectivity index (χ2v) is 6.48. The number of aliphatic hydroxyl groups is 1. The first kappa shape index (κ1) is 13.6. The van der Waals surface area contributed by atoms with Gasteiger partial charge >= 0.3 is 0 Å². The van der Waals surface area contributed by atoms with Crippen molar-refractivity contribution in [3.8, 4) is 5.75 Å². The second-order valence-electron chi connectivity index (χ2n) is 6.48. The van der Waals surface area contributed by atoms with Crippen LogP contribution in [0.2, 0.25) is 0 Å². The molecule has 2 saturated carbocycles. The van der Waals surface area contributed by atoms with E-state index in [0.29, 0.717) is 32.2 Å². The highest BCUT2D eigenvalue weighted by molar-refractivity contribution is 5.31. The predicted octanol–water partition coefficient (Wildman–Crippen LogP) is 2.73. The van der Waals surface area contributed by atoms with Gasteiger partial charge in [0.05, 0.1) is 24.9 Å². The van der Waals surface area contributed by atoms with E-state index < -0.39 is 11.4 Å². The van der Waals surface area contributed by atoms with Gasteiger partial charge in [-0.15, -0.1) is 0 Å². The summed E-state index contributed by atoms with van der Waals surface area (Å²) >= 11 is 0. The first-order valence-electron chi connectivity index (χ1n) is 7.95. The van der Waals surface area contributed by atoms with Gasteiger partial charge in [0.25, 0.3) is 0 Å². The Bertz CT molecular complexity index is 490. The Morgan fingerprint density at radius 3 is 2.14 bits per heavy atom. The molecule has 21 heavy (non-hydrogen) atoms. The molecule has 4 heteroatoms. The molecule has 3 fully saturated rings. The third-order valence-electron chi connectivity index (χ3n) is 4.87. The van der Waals surface area contributed by atoms with E-state index in [-0.39, 0.29) is 0 Å². The van der Waals surface area contributed by atoms with Gasteiger partial charge in [0.1, 0.15) is 5.75 Å². The summed E-state index contributed by atoms with van der Waals surface area (Å²) in [6.45, 7) is 1.34. The predicted molar refractivity (Wildman–Crippen MR) is 77.1 cm³/mol. The van der Waals surface area contributed by atoms with Crippen LogP contribution in [-0.2, 0) is 15.1 Å². The lowest BCUT2D eigenvalue weighted by atomic mass is 9.77. The second kappa shape index (κ2) is 4.97. The molecule has 1 spiro atoms. The zero-order chi connectivity index (χ0) is 14.3. The van der Waals surface area contributed by atoms with Crippen molar-refractivity contribution in [2.45, 2.75) is 56.0 Å². The normalized spacial score (nSPS) is 26.9. The van der Waals surface area contributed by atoms with E-state index >= 15 is 0 Å². The van der Waals surface area contributed by atoms with Gasteiger partial charge in [-0.3, -0.25) is 0 Å². The third kappa shape index (κ3) is 2.68. The molecule has 1 heterocycles. The average molecular weight is 290 g/mol. The lowest BCUT2D eigenvalue weighted by Gasteiger charge is -2.40. The molecule has 0 radical (unpaired) electrons. The minimum absolute atomic E-state index is 0.408. The van der Waals surface area contributed by atoms with Crippen LogP contribution >= 0.6 is 0 Å². The van der Waals surface area contributed by atoms with Crippen molar-refractivity contribution in [2.24, 2.45) is 0 Å². The Morgan fingerprint density at radius 2 is 1.57 bits per heavy atom. The minimum atomic E-state index is -0.765. The van der Waals surface area contributed by atoms with Crippen molar-refractivity contribution >= 4 is 0 Å². The molecule has 0 bridgehead atoms. The number of rotatable bonds is 3. The number of hydrogen-bond acceptors (Lipinski definition) is 4. The maximum absolute atomic E-state index is 10.9. The minimum Gasteiger partial charge on any atom is -0.490 e. The molecule has 0 atom stereocenters. The van der Waals surface area contributed by atoms with Crippen molar-refractivity contribution in [1.82, 2.24) is 0 Å². The van der Waals surface area contributed by atoms with E-state index in [1.165, 1.54) is 0 Å². The molecule has 1 N–H and O–H groups in total. The van der Waals surface area contributed by atoms with Crippen molar-refractivity contribution in [3.05, 3.63) is 29.8 Å². The van der Waals surface area contributed by atoms with Crippen LogP contribution in [0.3, 0.4) is 0 Å². The van der Waals surface area contributed by atoms with E-state index in [4.69, 9.17) is 14.2 Å². The summed E-state index contributed by atoms with van der Waals surface area (Å²) in [5, 5.41) is 10.9. The van der Waals surface area contributed by atoms with E-state index in [1.54, 1.807) is 0 Å². The summed E-state index contributed by atoms with van der Waals surface area (Å²) in [6.07, 6.45) is 5.59. The Labute approximate surface area is 125 Å². The van der Waals surface area contributed by atoms with Crippen LogP contribution in [-0.4, -0.2) is 30.2 Å². The molecule has 4 rings (SSSR count). The standard InChI is InChI=1S/C17H22O4/c18-16(7-9-17(10-8-16)19-11-12-20-17)13-1-3-14(4-2-13)21-15-5-6-15/h1-4,15,18H,5-12H2. The largest absolute Gasteiger partial charge is 0.490 e. The lowest BCUT2D eigenvalue weighted by molar-refractivity contribution is -0.204. The van der Waals surface area contributed by atoms with E-state index in [1.807, 2.05) is 24.3 Å². The van der Waals surface area contributed by atoms with Gasteiger partial charge in [-0.05, 0) is 43.4 Å². The summed E-state index contributed by atoms with van der Waals surface area (Å²) in [6, 6.07) is 7.93. The van der Waals surface area contributed by atoms with Gasteiger partial charge in [0.2, 0.25) is 0 Å². The van der Waals surface area contributed by atoms with Crippen LogP contribution in [0, 0.1) is 0 Å². The van der Waals surface area contributed by atoms with Gasteiger partial charge < -0.3 is 19.3 Å². The first-order valence-corrected chi connectivity index (χ1v) is 7.95. The molecule has 0 unspecified atom stereocenters. The van der Waals surface area contributed by atoms with Crippen LogP contribution in [0.4, 0.5) is 0 Å². The SMILES string of the molecule is OC1(c2ccc(OC3CC3)cc2)CCC2(CC1)OCCO2. The summed E-state index contributed by atoms with van der Waals surface area (Å²) in [5.74, 6) is 0.473. The van der Waals surface area contributed by atoms with Crippen molar-refractivity contribution in [2.75, 3.05) is 13.2 Å². The fourth-order valence-electron chi connectivity index (χ4n) is 3.34. The van der Waals surface area contributed by atoms with Gasteiger partial charge in [0, 0.05) is 12.8 Å². The van der Waals surface area contributed by atoms with Gasteiger partial charge in [-0.1, -0.05) is 12.1 Å². The summed E-state index contributed by atoms with van der Waals surface area (Å²) < 4.78 is 17.2. The van der Waals surface area contributed by atoms with Crippen LogP contribution in [0.5, 0.6) is 5.75 Å². The molecular weight excluding hydrogens is 268 g/mol. The van der Waals surface area contributed by atoms with Crippen LogP contribution in [0.15, 0.2) is 24.3 Å². The van der Waals surface area contributed by atoms with Gasteiger partial charge in [-0.25, -0.2) is 0 Å². The lowest BCUT2D eigenvalue weighted by Crippen LogP contribution is -2.42. The zero-order valence-corrected chi connectivity index (χ0v) is 12.2. The summed E-state index contributed by atoms with van der Waals surface area (Å²) in [7, 11) is 0. The molecule has 0 aromatic heterocycles. The highest BCUT2D eigenvalue weighted by Crippen LogP contribution is 2.45. The van der Waals surface area contributed by atoms with Crippen LogP contribution < -0.4 is 4.74 Å². The van der Waals surface area contributed by atoms with E-state index in [0.717, 1.165) is 37.0 Å². The third-order valence-corrected chi connectivity index (χ3v) is 4.87. The zero-order valence-electron chi connectivity index (χ0n) is 12.2. The molecule has 1 aliphatic heterocycles. The van der Waals surface area contributed by atoms with E-state index in [9.17, 15) is 5.11 Å². The quantitative estimate of drug-likeness (QED) is 0.930. The highest BCUT2D eigenvalue weighted by Gasteiger charge is 2.46. The van der Waals surface area contributed by atoms with Gasteiger partial charge in [0.15, 0.2) is 5.79 Å². The van der Waals surface area contributed by atoms with Crippen molar-refractivity contribution in [3.63, 3.8) is 0 Å². The number of hydrogen-bond donors (Lipinski definition) is 1. The molecule has 0 amide bonds. The average Bonchev–Trinajstić information content (AvgIpc) is 3.21. The maximum Gasteiger partial charge on any atom is 0.168 e. The molecule has 2 aliphatic carbocycles. The Kier molecular flexibility index (Phi) is 3.21. The Morgan fingerprint density at radius 1 is 0.952 bits per heavy atom. The molecule has 1 aromatic carbocycles. The molecule has 1 saturated heterocycles. The molecular formula is C17H22O4. The smallest absolute Gasteiger partial charge is 0.168 e. The van der Waals surface area contributed by atoms with Crippen molar-refractivity contribution in [1.29, 1.82) is 0 Å². The van der Waals surface area contributed by atoms with Crippen LogP contribution in [0.1, 0.15) is 44.1 Å². The van der Waals surface area contributed by atoms with Gasteiger partial charge in [-0.2, -0.15) is 0 Å². The molecule has 3 aliphatic rings. The molecule has 114 valence electrons. The molecule has 4 nitrogen and oxygen atoms in total. The highest BCUT2D eigenvalue weighted by atomic mass is 16.7. The fourth-order valence-corrected chi connectivity index (χ4v) is 3.34. The fraction of sp³-hybridized carbons (Fsp3) is 0.647. The molecule has 1 aromatic rings. The monoisotopic (exact) mass is 290 g/mol. The maximum atomic E-state index is 10.9. The summed E-state index contributed by atoms with van der Waals surface area (Å²) in [5.41, 5.74) is 0.206. The number of ether oxygens (including phenoxy) is 3. The first-order chi connectivity index (χ1) is 10.2. The Hall–Kier alpha value is -1.10. The Balaban J connectivity index is 1.44.